The van der Waals surface area contributed by atoms with Crippen LogP contribution in [0.25, 0.3) is 0 Å². The first-order chi connectivity index (χ1) is 14.7. The molecule has 30 heavy (non-hydrogen) atoms. The molecular formula is C22H18N4O4. The van der Waals surface area contributed by atoms with E-state index in [9.17, 15) is 9.59 Å². The highest BCUT2D eigenvalue weighted by Gasteiger charge is 2.05. The topological polar surface area (TPSA) is 102 Å². The summed E-state index contributed by atoms with van der Waals surface area (Å²) in [5, 5.41) is 16.7. The van der Waals surface area contributed by atoms with Gasteiger partial charge < -0.3 is 9.47 Å². The molecule has 0 spiro atoms. The molecule has 0 heterocycles. The highest BCUT2D eigenvalue weighted by Crippen LogP contribution is 2.32. The molecule has 3 aromatic rings. The summed E-state index contributed by atoms with van der Waals surface area (Å²) < 4.78 is 10.5. The fourth-order valence-electron chi connectivity index (χ4n) is 2.56. The largest absolute Gasteiger partial charge is 0.494 e. The Kier molecular flexibility index (Phi) is 6.73. The molecule has 150 valence electrons. The summed E-state index contributed by atoms with van der Waals surface area (Å²) >= 11 is 0. The SMILES string of the molecule is COc1ccc(C=O)cc1N=Nc1cccc(N=Nc2cc(C=O)ccc2OC)c1. The van der Waals surface area contributed by atoms with E-state index in [-0.39, 0.29) is 0 Å². The van der Waals surface area contributed by atoms with Gasteiger partial charge in [0.05, 0.1) is 25.6 Å². The van der Waals surface area contributed by atoms with Gasteiger partial charge in [-0.1, -0.05) is 6.07 Å². The van der Waals surface area contributed by atoms with Crippen LogP contribution in [-0.2, 0) is 0 Å². The van der Waals surface area contributed by atoms with Crippen LogP contribution in [0.15, 0.2) is 81.1 Å². The quantitative estimate of drug-likeness (QED) is 0.332. The van der Waals surface area contributed by atoms with Gasteiger partial charge >= 0.3 is 0 Å². The molecule has 3 aromatic carbocycles. The zero-order valence-corrected chi connectivity index (χ0v) is 16.4. The molecule has 0 unspecified atom stereocenters. The summed E-state index contributed by atoms with van der Waals surface area (Å²) in [6.45, 7) is 0. The molecule has 0 saturated carbocycles. The molecule has 3 rings (SSSR count). The smallest absolute Gasteiger partial charge is 0.150 e. The lowest BCUT2D eigenvalue weighted by Crippen LogP contribution is -1.85. The Morgan fingerprint density at radius 2 is 1.10 bits per heavy atom. The number of methoxy groups -OCH3 is 2. The van der Waals surface area contributed by atoms with Crippen molar-refractivity contribution in [1.29, 1.82) is 0 Å². The second kappa shape index (κ2) is 9.83. The summed E-state index contributed by atoms with van der Waals surface area (Å²) in [5.41, 5.74) is 2.89. The molecule has 0 amide bonds. The molecule has 0 fully saturated rings. The van der Waals surface area contributed by atoms with Gasteiger partial charge in [0, 0.05) is 11.1 Å². The number of rotatable bonds is 8. The van der Waals surface area contributed by atoms with Crippen molar-refractivity contribution in [3.05, 3.63) is 71.8 Å². The monoisotopic (exact) mass is 402 g/mol. The van der Waals surface area contributed by atoms with E-state index in [2.05, 4.69) is 20.5 Å². The highest BCUT2D eigenvalue weighted by atomic mass is 16.5. The van der Waals surface area contributed by atoms with Gasteiger partial charge in [-0.15, -0.1) is 10.2 Å². The number of hydrogen-bond donors (Lipinski definition) is 0. The number of hydrogen-bond acceptors (Lipinski definition) is 8. The second-order valence-electron chi connectivity index (χ2n) is 6.02. The van der Waals surface area contributed by atoms with Crippen LogP contribution in [0.1, 0.15) is 20.7 Å². The second-order valence-corrected chi connectivity index (χ2v) is 6.02. The Morgan fingerprint density at radius 3 is 1.50 bits per heavy atom. The van der Waals surface area contributed by atoms with E-state index in [1.807, 2.05) is 0 Å². The molecule has 0 aromatic heterocycles. The van der Waals surface area contributed by atoms with Gasteiger partial charge in [-0.2, -0.15) is 10.2 Å². The minimum Gasteiger partial charge on any atom is -0.494 e. The lowest BCUT2D eigenvalue weighted by molar-refractivity contribution is 0.111. The number of benzene rings is 3. The first kappa shape index (κ1) is 20.5. The average molecular weight is 402 g/mol. The van der Waals surface area contributed by atoms with Gasteiger partial charge in [0.25, 0.3) is 0 Å². The van der Waals surface area contributed by atoms with E-state index in [1.54, 1.807) is 60.7 Å². The zero-order valence-electron chi connectivity index (χ0n) is 16.4. The Balaban J connectivity index is 1.85. The lowest BCUT2D eigenvalue weighted by atomic mass is 10.2. The Hall–Kier alpha value is -4.20. The predicted molar refractivity (Wildman–Crippen MR) is 112 cm³/mol. The van der Waals surface area contributed by atoms with Gasteiger partial charge in [-0.3, -0.25) is 9.59 Å². The predicted octanol–water partition coefficient (Wildman–Crippen LogP) is 6.16. The van der Waals surface area contributed by atoms with E-state index >= 15 is 0 Å². The summed E-state index contributed by atoms with van der Waals surface area (Å²) in [7, 11) is 3.04. The summed E-state index contributed by atoms with van der Waals surface area (Å²) in [6, 6.07) is 16.7. The molecule has 0 atom stereocenters. The number of azo groups is 2. The standard InChI is InChI=1S/C22H18N4O4/c1-29-21-8-6-15(13-27)10-19(21)25-23-17-4-3-5-18(12-17)24-26-20-11-16(14-28)7-9-22(20)30-2/h3-14H,1-2H3. The minimum atomic E-state index is 0.435. The summed E-state index contributed by atoms with van der Waals surface area (Å²) in [5.74, 6) is 1.00. The van der Waals surface area contributed by atoms with Crippen LogP contribution in [0.5, 0.6) is 11.5 Å². The van der Waals surface area contributed by atoms with E-state index in [1.165, 1.54) is 14.2 Å². The number of aldehydes is 2. The maximum Gasteiger partial charge on any atom is 0.150 e. The van der Waals surface area contributed by atoms with Crippen LogP contribution < -0.4 is 9.47 Å². The third kappa shape index (κ3) is 4.99. The van der Waals surface area contributed by atoms with Gasteiger partial charge in [0.2, 0.25) is 0 Å². The first-order valence-corrected chi connectivity index (χ1v) is 8.87. The molecule has 0 aliphatic carbocycles. The molecule has 8 heteroatoms. The van der Waals surface area contributed by atoms with Crippen molar-refractivity contribution in [2.45, 2.75) is 0 Å². The Bertz CT molecular complexity index is 1040. The van der Waals surface area contributed by atoms with Gasteiger partial charge in [-0.05, 0) is 54.6 Å². The molecule has 0 N–H and O–H groups in total. The van der Waals surface area contributed by atoms with Crippen LogP contribution in [0, 0.1) is 0 Å². The van der Waals surface area contributed by atoms with E-state index < -0.39 is 0 Å². The van der Waals surface area contributed by atoms with Crippen molar-refractivity contribution in [1.82, 2.24) is 0 Å². The maximum absolute atomic E-state index is 11.0. The zero-order chi connectivity index (χ0) is 21.3. The fourth-order valence-corrected chi connectivity index (χ4v) is 2.56. The first-order valence-electron chi connectivity index (χ1n) is 8.87. The van der Waals surface area contributed by atoms with E-state index in [0.29, 0.717) is 45.4 Å². The van der Waals surface area contributed by atoms with Crippen molar-refractivity contribution in [3.8, 4) is 11.5 Å². The summed E-state index contributed by atoms with van der Waals surface area (Å²) in [4.78, 5) is 22.0. The highest BCUT2D eigenvalue weighted by molar-refractivity contribution is 5.78. The van der Waals surface area contributed by atoms with Crippen LogP contribution in [0.3, 0.4) is 0 Å². The van der Waals surface area contributed by atoms with Crippen LogP contribution in [0.2, 0.25) is 0 Å². The van der Waals surface area contributed by atoms with Crippen molar-refractivity contribution < 1.29 is 19.1 Å². The number of carbonyl (C=O) groups is 2. The lowest BCUT2D eigenvalue weighted by Gasteiger charge is -2.04. The van der Waals surface area contributed by atoms with Gasteiger partial charge in [0.15, 0.2) is 0 Å². The molecule has 0 radical (unpaired) electrons. The van der Waals surface area contributed by atoms with Gasteiger partial charge in [-0.25, -0.2) is 0 Å². The van der Waals surface area contributed by atoms with Crippen molar-refractivity contribution in [2.75, 3.05) is 14.2 Å². The number of ether oxygens (including phenoxy) is 2. The van der Waals surface area contributed by atoms with Crippen LogP contribution in [0.4, 0.5) is 22.7 Å². The molecule has 8 nitrogen and oxygen atoms in total. The van der Waals surface area contributed by atoms with Crippen LogP contribution >= 0.6 is 0 Å². The molecule has 0 saturated heterocycles. The Labute approximate surface area is 172 Å². The average Bonchev–Trinajstić information content (AvgIpc) is 2.81. The number of nitrogens with zero attached hydrogens (tertiary/aromatic N) is 4. The third-order valence-corrected chi connectivity index (χ3v) is 4.05. The molecule has 0 bridgehead atoms. The molecule has 0 aliphatic heterocycles. The van der Waals surface area contributed by atoms with Crippen molar-refractivity contribution >= 4 is 35.3 Å². The van der Waals surface area contributed by atoms with Crippen molar-refractivity contribution in [3.63, 3.8) is 0 Å². The van der Waals surface area contributed by atoms with E-state index in [4.69, 9.17) is 9.47 Å². The maximum atomic E-state index is 11.0. The van der Waals surface area contributed by atoms with Crippen molar-refractivity contribution in [2.24, 2.45) is 20.5 Å². The molecule has 0 aliphatic rings. The van der Waals surface area contributed by atoms with Crippen LogP contribution in [-0.4, -0.2) is 26.8 Å². The Morgan fingerprint density at radius 1 is 0.633 bits per heavy atom. The third-order valence-electron chi connectivity index (χ3n) is 4.05. The fraction of sp³-hybridized carbons (Fsp3) is 0.0909. The summed E-state index contributed by atoms with van der Waals surface area (Å²) in [6.07, 6.45) is 1.46. The molecular weight excluding hydrogens is 384 g/mol. The van der Waals surface area contributed by atoms with E-state index in [0.717, 1.165) is 12.6 Å². The number of carbonyl (C=O) groups excluding carboxylic acids is 2. The van der Waals surface area contributed by atoms with Gasteiger partial charge in [0.1, 0.15) is 35.4 Å². The minimum absolute atomic E-state index is 0.435. The normalized spacial score (nSPS) is 11.0.